The van der Waals surface area contributed by atoms with E-state index >= 15 is 0 Å². The van der Waals surface area contributed by atoms with Crippen LogP contribution in [-0.2, 0) is 0 Å². The van der Waals surface area contributed by atoms with Gasteiger partial charge in [0.15, 0.2) is 11.6 Å². The molecule has 2 aliphatic rings. The lowest BCUT2D eigenvalue weighted by molar-refractivity contribution is 0.432. The summed E-state index contributed by atoms with van der Waals surface area (Å²) < 4.78 is 13.5. The van der Waals surface area contributed by atoms with Crippen LogP contribution in [0.2, 0.25) is 0 Å². The summed E-state index contributed by atoms with van der Waals surface area (Å²) in [7, 11) is 0. The van der Waals surface area contributed by atoms with Gasteiger partial charge in [-0.3, -0.25) is 4.98 Å². The van der Waals surface area contributed by atoms with Crippen molar-refractivity contribution >= 4 is 12.4 Å². The second-order valence-electron chi connectivity index (χ2n) is 5.52. The number of nitrogens with zero attached hydrogens (tertiary/aromatic N) is 3. The molecule has 0 saturated carbocycles. The summed E-state index contributed by atoms with van der Waals surface area (Å²) in [5.41, 5.74) is 4.54. The molecule has 0 spiro atoms. The Balaban J connectivity index is 0.00000121. The molecule has 0 saturated heterocycles. The predicted molar refractivity (Wildman–Crippen MR) is 98.9 cm³/mol. The van der Waals surface area contributed by atoms with Crippen molar-refractivity contribution in [2.24, 2.45) is 0 Å². The molecule has 1 aromatic heterocycles. The van der Waals surface area contributed by atoms with Gasteiger partial charge >= 0.3 is 0 Å². The highest BCUT2D eigenvalue weighted by Crippen LogP contribution is 2.30. The number of H-pyrrole nitrogens is 1. The number of benzene rings is 1. The Bertz CT molecular complexity index is 1020. The zero-order valence-corrected chi connectivity index (χ0v) is 14.5. The number of aryl methyl sites for hydroxylation is 1. The van der Waals surface area contributed by atoms with Crippen molar-refractivity contribution in [3.05, 3.63) is 60.3 Å². The number of aromatic nitrogens is 4. The monoisotopic (exact) mass is 374 g/mol. The van der Waals surface area contributed by atoms with E-state index in [1.165, 1.54) is 12.1 Å². The normalized spacial score (nSPS) is 10.2. The standard InChI is InChI=1S/C18H13FN4O.ClH.H2O/c1-10-6-12(4-5-20-10)18-21-9-16-15(23-18)8-14(22-16)11-2-3-17(24)13(19)7-11;;/h2-9,24H,1H3,(H,21,23);1H;1H2. The molecule has 4 N–H and O–H groups in total. The van der Waals surface area contributed by atoms with Crippen molar-refractivity contribution in [1.29, 1.82) is 0 Å². The van der Waals surface area contributed by atoms with Crippen LogP contribution in [0.15, 0.2) is 48.8 Å². The molecule has 0 fully saturated rings. The van der Waals surface area contributed by atoms with E-state index < -0.39 is 5.82 Å². The third-order valence-corrected chi connectivity index (χ3v) is 3.78. The van der Waals surface area contributed by atoms with E-state index in [-0.39, 0.29) is 23.6 Å². The Morgan fingerprint density at radius 3 is 2.54 bits per heavy atom. The fraction of sp³-hybridized carbons (Fsp3) is 0.0556. The number of nitrogens with one attached hydrogen (secondary N) is 1. The minimum absolute atomic E-state index is 0. The van der Waals surface area contributed by atoms with Gasteiger partial charge < -0.3 is 15.6 Å². The maximum Gasteiger partial charge on any atom is 0.165 e. The van der Waals surface area contributed by atoms with Crippen molar-refractivity contribution in [3.63, 3.8) is 0 Å². The summed E-state index contributed by atoms with van der Waals surface area (Å²) in [5, 5.41) is 9.30. The maximum absolute atomic E-state index is 13.5. The number of pyridine rings is 1. The van der Waals surface area contributed by atoms with E-state index in [9.17, 15) is 9.50 Å². The average Bonchev–Trinajstić information content (AvgIpc) is 3.00. The Hall–Kier alpha value is -3.03. The molecule has 2 aliphatic heterocycles. The third-order valence-electron chi connectivity index (χ3n) is 3.78. The number of rotatable bonds is 2. The first-order valence-electron chi connectivity index (χ1n) is 7.38. The van der Waals surface area contributed by atoms with Gasteiger partial charge in [0.2, 0.25) is 0 Å². The lowest BCUT2D eigenvalue weighted by Crippen LogP contribution is -1.93. The average molecular weight is 375 g/mol. The molecule has 134 valence electrons. The number of hydrogen-bond donors (Lipinski definition) is 2. The van der Waals surface area contributed by atoms with Gasteiger partial charge in [0.1, 0.15) is 11.5 Å². The highest BCUT2D eigenvalue weighted by Gasteiger charge is 2.14. The fourth-order valence-corrected chi connectivity index (χ4v) is 2.57. The molecule has 1 aromatic carbocycles. The first-order chi connectivity index (χ1) is 11.6. The molecule has 8 heteroatoms. The van der Waals surface area contributed by atoms with Crippen LogP contribution >= 0.6 is 12.4 Å². The first-order valence-corrected chi connectivity index (χ1v) is 7.38. The fourth-order valence-electron chi connectivity index (χ4n) is 2.57. The van der Waals surface area contributed by atoms with Gasteiger partial charge in [0, 0.05) is 23.0 Å². The number of phenolic OH excluding ortho intramolecular Hbond substituents is 1. The van der Waals surface area contributed by atoms with Crippen molar-refractivity contribution < 1.29 is 15.0 Å². The smallest absolute Gasteiger partial charge is 0.165 e. The number of hydrogen-bond acceptors (Lipinski definition) is 4. The Morgan fingerprint density at radius 2 is 1.81 bits per heavy atom. The third kappa shape index (κ3) is 3.49. The van der Waals surface area contributed by atoms with Crippen LogP contribution in [0.5, 0.6) is 5.75 Å². The maximum atomic E-state index is 13.5. The van der Waals surface area contributed by atoms with Gasteiger partial charge in [-0.1, -0.05) is 0 Å². The Kier molecular flexibility index (Phi) is 5.54. The SMILES string of the molecule is Cc1cc(-c2ncc3nc(-c4ccc(O)c(F)c4)cc-3[nH]2)ccn1.Cl.O. The molecule has 0 atom stereocenters. The topological polar surface area (TPSA) is 106 Å². The molecule has 2 aromatic rings. The van der Waals surface area contributed by atoms with Crippen LogP contribution in [0.1, 0.15) is 5.69 Å². The largest absolute Gasteiger partial charge is 0.505 e. The van der Waals surface area contributed by atoms with Gasteiger partial charge in [-0.15, -0.1) is 12.4 Å². The van der Waals surface area contributed by atoms with Crippen LogP contribution in [0.25, 0.3) is 34.0 Å². The zero-order chi connectivity index (χ0) is 16.7. The Labute approximate surface area is 154 Å². The predicted octanol–water partition coefficient (Wildman–Crippen LogP) is 3.39. The van der Waals surface area contributed by atoms with Gasteiger partial charge in [-0.05, 0) is 43.3 Å². The van der Waals surface area contributed by atoms with E-state index in [0.29, 0.717) is 22.8 Å². The Morgan fingerprint density at radius 1 is 1.00 bits per heavy atom. The number of aromatic hydroxyl groups is 1. The van der Waals surface area contributed by atoms with Crippen LogP contribution in [0.4, 0.5) is 4.39 Å². The molecule has 0 bridgehead atoms. The second kappa shape index (κ2) is 7.47. The molecule has 4 rings (SSSR count). The van der Waals surface area contributed by atoms with E-state index in [1.54, 1.807) is 18.5 Å². The highest BCUT2D eigenvalue weighted by molar-refractivity contribution is 5.85. The molecule has 0 amide bonds. The summed E-state index contributed by atoms with van der Waals surface area (Å²) in [6.45, 7) is 1.92. The van der Waals surface area contributed by atoms with Crippen molar-refractivity contribution in [2.75, 3.05) is 0 Å². The number of fused-ring (bicyclic) bond motifs is 1. The van der Waals surface area contributed by atoms with Crippen LogP contribution < -0.4 is 0 Å². The molecule has 0 aliphatic carbocycles. The summed E-state index contributed by atoms with van der Waals surface area (Å²) >= 11 is 0. The molecule has 0 unspecified atom stereocenters. The lowest BCUT2D eigenvalue weighted by Gasteiger charge is -2.04. The van der Waals surface area contributed by atoms with E-state index in [0.717, 1.165) is 17.0 Å². The molecular weight excluding hydrogens is 359 g/mol. The molecule has 6 nitrogen and oxygen atoms in total. The van der Waals surface area contributed by atoms with Crippen molar-refractivity contribution in [2.45, 2.75) is 6.92 Å². The number of aromatic amines is 1. The molecule has 3 heterocycles. The minimum Gasteiger partial charge on any atom is -0.505 e. The second-order valence-corrected chi connectivity index (χ2v) is 5.52. The minimum atomic E-state index is -0.672. The summed E-state index contributed by atoms with van der Waals surface area (Å²) in [4.78, 5) is 16.3. The van der Waals surface area contributed by atoms with Crippen molar-refractivity contribution in [3.8, 4) is 39.8 Å². The number of halogens is 2. The highest BCUT2D eigenvalue weighted by atomic mass is 35.5. The summed E-state index contributed by atoms with van der Waals surface area (Å²) in [6, 6.07) is 9.86. The zero-order valence-electron chi connectivity index (χ0n) is 13.7. The lowest BCUT2D eigenvalue weighted by atomic mass is 10.1. The number of phenols is 1. The van der Waals surface area contributed by atoms with Gasteiger partial charge in [-0.2, -0.15) is 0 Å². The van der Waals surface area contributed by atoms with E-state index in [1.807, 2.05) is 25.1 Å². The molecule has 26 heavy (non-hydrogen) atoms. The summed E-state index contributed by atoms with van der Waals surface area (Å²) in [5.74, 6) is -0.336. The summed E-state index contributed by atoms with van der Waals surface area (Å²) in [6.07, 6.45) is 3.41. The van der Waals surface area contributed by atoms with Gasteiger partial charge in [0.25, 0.3) is 0 Å². The quantitative estimate of drug-likeness (QED) is 0.560. The molecular formula is C18H16ClFN4O2. The van der Waals surface area contributed by atoms with E-state index in [4.69, 9.17) is 0 Å². The van der Waals surface area contributed by atoms with Crippen molar-refractivity contribution in [1.82, 2.24) is 19.9 Å². The van der Waals surface area contributed by atoms with Crippen LogP contribution in [-0.4, -0.2) is 30.5 Å². The van der Waals surface area contributed by atoms with Crippen LogP contribution in [0, 0.1) is 12.7 Å². The molecule has 0 radical (unpaired) electrons. The van der Waals surface area contributed by atoms with E-state index in [2.05, 4.69) is 19.9 Å². The van der Waals surface area contributed by atoms with Crippen LogP contribution in [0.3, 0.4) is 0 Å². The van der Waals surface area contributed by atoms with Gasteiger partial charge in [-0.25, -0.2) is 14.4 Å². The first kappa shape index (κ1) is 19.3. The van der Waals surface area contributed by atoms with Gasteiger partial charge in [0.05, 0.1) is 17.6 Å².